The molecule has 1 aromatic heterocycles. The molecular weight excluding hydrogens is 588 g/mol. The first-order valence-electron chi connectivity index (χ1n) is 16.4. The zero-order valence-corrected chi connectivity index (χ0v) is 25.7. The van der Waals surface area contributed by atoms with Gasteiger partial charge in [0.25, 0.3) is 13.4 Å². The number of hydrogen-bond donors (Lipinski definition) is 0. The van der Waals surface area contributed by atoms with Crippen LogP contribution in [0.4, 0.5) is 34.3 Å². The minimum atomic E-state index is -0.118. The van der Waals surface area contributed by atoms with Crippen molar-refractivity contribution in [3.8, 4) is 23.0 Å². The largest absolute Gasteiger partial charge is 0.458 e. The lowest BCUT2D eigenvalue weighted by Gasteiger charge is -2.44. The van der Waals surface area contributed by atoms with Crippen molar-refractivity contribution in [2.75, 3.05) is 9.80 Å². The summed E-state index contributed by atoms with van der Waals surface area (Å²) in [6, 6.07) is 53.4. The molecule has 5 nitrogen and oxygen atoms in total. The molecule has 0 saturated carbocycles. The lowest BCUT2D eigenvalue weighted by molar-refractivity contribution is 0.463. The van der Waals surface area contributed by atoms with E-state index in [0.29, 0.717) is 0 Å². The molecule has 222 valence electrons. The molecule has 0 radical (unpaired) electrons. The van der Waals surface area contributed by atoms with Crippen LogP contribution in [-0.4, -0.2) is 18.4 Å². The molecule has 7 aromatic rings. The average molecular weight is 613 g/mol. The highest BCUT2D eigenvalue weighted by Crippen LogP contribution is 2.44. The summed E-state index contributed by atoms with van der Waals surface area (Å²) in [5.41, 5.74) is 12.3. The second-order valence-electron chi connectivity index (χ2n) is 12.7. The molecular formula is C41H25B2N3O2. The van der Waals surface area contributed by atoms with Crippen LogP contribution in [0, 0.1) is 0 Å². The number of nitrogens with zero attached hydrogens (tertiary/aromatic N) is 3. The molecule has 5 heterocycles. The summed E-state index contributed by atoms with van der Waals surface area (Å²) in [6.07, 6.45) is 0. The van der Waals surface area contributed by atoms with Crippen LogP contribution in [-0.2, 0) is 0 Å². The Bertz CT molecular complexity index is 2450. The molecule has 0 saturated heterocycles. The Balaban J connectivity index is 1.22. The first kappa shape index (κ1) is 25.9. The molecule has 0 bridgehead atoms. The maximum atomic E-state index is 6.78. The van der Waals surface area contributed by atoms with Crippen LogP contribution in [0.1, 0.15) is 0 Å². The summed E-state index contributed by atoms with van der Waals surface area (Å²) < 4.78 is 13.2. The number of ether oxygens (including phenoxy) is 2. The van der Waals surface area contributed by atoms with Gasteiger partial charge in [0.2, 0.25) is 0 Å². The second kappa shape index (κ2) is 9.66. The van der Waals surface area contributed by atoms with Gasteiger partial charge in [-0.2, -0.15) is 0 Å². The molecule has 0 unspecified atom stereocenters. The van der Waals surface area contributed by atoms with Gasteiger partial charge in [0, 0.05) is 33.9 Å². The maximum Gasteiger partial charge on any atom is 0.284 e. The van der Waals surface area contributed by atoms with Crippen molar-refractivity contribution in [1.82, 2.24) is 4.98 Å². The van der Waals surface area contributed by atoms with Crippen LogP contribution in [0.2, 0.25) is 0 Å². The summed E-state index contributed by atoms with van der Waals surface area (Å²) >= 11 is 0. The van der Waals surface area contributed by atoms with E-state index in [1.807, 2.05) is 30.3 Å². The van der Waals surface area contributed by atoms with E-state index in [4.69, 9.17) is 14.5 Å². The summed E-state index contributed by atoms with van der Waals surface area (Å²) in [5.74, 6) is 4.20. The number of rotatable bonds is 2. The first-order valence-corrected chi connectivity index (χ1v) is 16.4. The summed E-state index contributed by atoms with van der Waals surface area (Å²) in [5, 5.41) is 0. The van der Waals surface area contributed by atoms with Crippen molar-refractivity contribution in [2.45, 2.75) is 0 Å². The van der Waals surface area contributed by atoms with Gasteiger partial charge in [-0.25, -0.2) is 4.98 Å². The van der Waals surface area contributed by atoms with Gasteiger partial charge in [-0.3, -0.25) is 4.90 Å². The van der Waals surface area contributed by atoms with Crippen molar-refractivity contribution in [3.63, 3.8) is 0 Å². The Labute approximate surface area is 278 Å². The number of fused-ring (bicyclic) bond motifs is 8. The highest BCUT2D eigenvalue weighted by molar-refractivity contribution is 7.01. The van der Waals surface area contributed by atoms with Crippen molar-refractivity contribution >= 4 is 80.6 Å². The number of para-hydroxylation sites is 4. The van der Waals surface area contributed by atoms with Crippen LogP contribution >= 0.6 is 0 Å². The fourth-order valence-electron chi connectivity index (χ4n) is 8.25. The van der Waals surface area contributed by atoms with E-state index in [1.165, 1.54) is 22.3 Å². The van der Waals surface area contributed by atoms with Crippen molar-refractivity contribution in [2.24, 2.45) is 0 Å². The van der Waals surface area contributed by atoms with Crippen LogP contribution in [0.25, 0.3) is 0 Å². The second-order valence-corrected chi connectivity index (χ2v) is 12.7. The SMILES string of the molecule is c1ccc(N2c3ccccc3B3c4cc5c(nc4N(c4ccccc4)c4cccc2c43)B2c3ccccc3Oc3cccc(c32)O5)cc1. The standard InChI is InChI=1S/C41H25B2N3O2/c1-3-13-26(14-4-1)45-31-19-9-7-17-28(31)42-30-25-37-40(43-29-18-8-10-22-34(29)47-35-23-12-24-36(48-37)39(35)43)44-41(30)46(27-15-5-2-6-16-27)33-21-11-20-32(45)38(33)42/h1-25H. The topological polar surface area (TPSA) is 37.8 Å². The molecule has 0 aliphatic carbocycles. The Hall–Kier alpha value is -6.20. The molecule has 48 heavy (non-hydrogen) atoms. The third-order valence-electron chi connectivity index (χ3n) is 10.2. The van der Waals surface area contributed by atoms with Gasteiger partial charge in [-0.15, -0.1) is 0 Å². The van der Waals surface area contributed by atoms with Gasteiger partial charge in [-0.05, 0) is 88.6 Å². The Morgan fingerprint density at radius 1 is 0.417 bits per heavy atom. The van der Waals surface area contributed by atoms with E-state index in [2.05, 4.69) is 131 Å². The van der Waals surface area contributed by atoms with E-state index in [0.717, 1.165) is 67.9 Å². The molecule has 0 fully saturated rings. The molecule has 0 N–H and O–H groups in total. The Morgan fingerprint density at radius 2 is 0.979 bits per heavy atom. The number of hydrogen-bond acceptors (Lipinski definition) is 5. The smallest absolute Gasteiger partial charge is 0.284 e. The van der Waals surface area contributed by atoms with E-state index in [1.54, 1.807) is 0 Å². The van der Waals surface area contributed by atoms with E-state index >= 15 is 0 Å². The fourth-order valence-corrected chi connectivity index (χ4v) is 8.25. The van der Waals surface area contributed by atoms with Gasteiger partial charge >= 0.3 is 0 Å². The monoisotopic (exact) mass is 613 g/mol. The molecule has 0 amide bonds. The zero-order valence-electron chi connectivity index (χ0n) is 25.7. The maximum absolute atomic E-state index is 6.78. The molecule has 11 rings (SSSR count). The van der Waals surface area contributed by atoms with Crippen molar-refractivity contribution < 1.29 is 9.47 Å². The third-order valence-corrected chi connectivity index (χ3v) is 10.2. The molecule has 4 aliphatic rings. The number of pyridine rings is 1. The minimum Gasteiger partial charge on any atom is -0.458 e. The minimum absolute atomic E-state index is 0.0431. The summed E-state index contributed by atoms with van der Waals surface area (Å²) in [4.78, 5) is 10.4. The van der Waals surface area contributed by atoms with Gasteiger partial charge in [0.15, 0.2) is 0 Å². The summed E-state index contributed by atoms with van der Waals surface area (Å²) in [6.45, 7) is -0.161. The van der Waals surface area contributed by atoms with E-state index < -0.39 is 0 Å². The van der Waals surface area contributed by atoms with Gasteiger partial charge in [0.1, 0.15) is 28.8 Å². The van der Waals surface area contributed by atoms with Crippen molar-refractivity contribution in [1.29, 1.82) is 0 Å². The van der Waals surface area contributed by atoms with Gasteiger partial charge in [-0.1, -0.05) is 84.9 Å². The van der Waals surface area contributed by atoms with Crippen LogP contribution in [0.5, 0.6) is 23.0 Å². The fraction of sp³-hybridized carbons (Fsp3) is 0. The highest BCUT2D eigenvalue weighted by atomic mass is 16.5. The summed E-state index contributed by atoms with van der Waals surface area (Å²) in [7, 11) is 0. The van der Waals surface area contributed by atoms with Gasteiger partial charge in [0.05, 0.1) is 5.59 Å². The van der Waals surface area contributed by atoms with Crippen LogP contribution in [0.15, 0.2) is 152 Å². The zero-order chi connectivity index (χ0) is 31.3. The molecule has 6 aromatic carbocycles. The number of aromatic nitrogens is 1. The normalized spacial score (nSPS) is 14.0. The van der Waals surface area contributed by atoms with Crippen LogP contribution < -0.4 is 52.2 Å². The predicted molar refractivity (Wildman–Crippen MR) is 196 cm³/mol. The molecule has 4 aliphatic heterocycles. The third kappa shape index (κ3) is 3.45. The molecule has 0 spiro atoms. The highest BCUT2D eigenvalue weighted by Gasteiger charge is 2.47. The van der Waals surface area contributed by atoms with E-state index in [9.17, 15) is 0 Å². The number of anilines is 6. The lowest BCUT2D eigenvalue weighted by atomic mass is 9.33. The van der Waals surface area contributed by atoms with Crippen LogP contribution in [0.3, 0.4) is 0 Å². The Kier molecular flexibility index (Phi) is 5.22. The quantitative estimate of drug-likeness (QED) is 0.228. The van der Waals surface area contributed by atoms with E-state index in [-0.39, 0.29) is 13.4 Å². The predicted octanol–water partition coefficient (Wildman–Crippen LogP) is 5.89. The van der Waals surface area contributed by atoms with Crippen molar-refractivity contribution in [3.05, 3.63) is 152 Å². The van der Waals surface area contributed by atoms with Gasteiger partial charge < -0.3 is 14.4 Å². The first-order chi connectivity index (χ1) is 23.8. The molecule has 0 atom stereocenters. The average Bonchev–Trinajstić information content (AvgIpc) is 3.14. The Morgan fingerprint density at radius 3 is 1.75 bits per heavy atom. The number of benzene rings is 6. The molecule has 7 heteroatoms. The lowest BCUT2D eigenvalue weighted by Crippen LogP contribution is -2.63.